The Labute approximate surface area is 414 Å². The van der Waals surface area contributed by atoms with Gasteiger partial charge in [0, 0.05) is 33.7 Å². The molecule has 0 bridgehead atoms. The van der Waals surface area contributed by atoms with Gasteiger partial charge in [-0.25, -0.2) is 0 Å². The van der Waals surface area contributed by atoms with E-state index >= 15 is 0 Å². The van der Waals surface area contributed by atoms with Crippen molar-refractivity contribution in [2.75, 3.05) is 9.80 Å². The Morgan fingerprint density at radius 1 is 0.478 bits per heavy atom. The maximum atomic E-state index is 7.49. The van der Waals surface area contributed by atoms with Crippen molar-refractivity contribution < 1.29 is 4.42 Å². The van der Waals surface area contributed by atoms with Crippen LogP contribution in [0.5, 0.6) is 0 Å². The summed E-state index contributed by atoms with van der Waals surface area (Å²) in [5.74, 6) is 0. The fourth-order valence-corrected chi connectivity index (χ4v) is 12.9. The van der Waals surface area contributed by atoms with E-state index in [9.17, 15) is 0 Å². The zero-order valence-electron chi connectivity index (χ0n) is 44.9. The number of hydrogen-bond donors (Lipinski definition) is 0. The van der Waals surface area contributed by atoms with Crippen LogP contribution in [0.15, 0.2) is 101 Å². The van der Waals surface area contributed by atoms with Crippen LogP contribution in [0.2, 0.25) is 0 Å². The number of furan rings is 1. The van der Waals surface area contributed by atoms with Crippen molar-refractivity contribution in [3.05, 3.63) is 147 Å². The number of fused-ring (bicyclic) bond motifs is 8. The average Bonchev–Trinajstić information content (AvgIpc) is 3.64. The van der Waals surface area contributed by atoms with E-state index in [1.54, 1.807) is 0 Å². The molecule has 69 heavy (non-hydrogen) atoms. The summed E-state index contributed by atoms with van der Waals surface area (Å²) < 4.78 is 7.49. The van der Waals surface area contributed by atoms with Gasteiger partial charge in [-0.15, -0.1) is 0 Å². The Balaban J connectivity index is 1.31. The molecular weight excluding hydrogens is 836 g/mol. The summed E-state index contributed by atoms with van der Waals surface area (Å²) in [6.45, 7) is 40.4. The topological polar surface area (TPSA) is 19.6 Å². The Morgan fingerprint density at radius 3 is 1.57 bits per heavy atom. The third-order valence-corrected chi connectivity index (χ3v) is 17.5. The van der Waals surface area contributed by atoms with E-state index in [1.165, 1.54) is 112 Å². The van der Waals surface area contributed by atoms with E-state index < -0.39 is 0 Å². The van der Waals surface area contributed by atoms with Crippen LogP contribution in [0, 0.1) is 20.8 Å². The second kappa shape index (κ2) is 14.8. The van der Waals surface area contributed by atoms with Crippen molar-refractivity contribution in [2.45, 2.75) is 176 Å². The van der Waals surface area contributed by atoms with E-state index in [2.05, 4.69) is 225 Å². The fraction of sp³-hybridized carbons (Fsp3) is 0.415. The summed E-state index contributed by atoms with van der Waals surface area (Å²) in [7, 11) is 0. The summed E-state index contributed by atoms with van der Waals surface area (Å²) in [5.41, 5.74) is 27.0. The zero-order valence-corrected chi connectivity index (χ0v) is 44.9. The quantitative estimate of drug-likeness (QED) is 0.165. The number of anilines is 6. The molecule has 2 aliphatic carbocycles. The SMILES string of the molecule is Cc1ccc(-c2cc3c(cc2N2c4cc5c(cc4B4c6oc7ccc(C(C)(C)C)cc7c6N(c6ccc(C(C)(C)C)cc6)c6cc(C)cc2c64)C(C)(C)CCC5(C)C)C(C)(C)CCC3(C)C)c(C)c1. The minimum absolute atomic E-state index is 0.0122. The zero-order chi connectivity index (χ0) is 49.3. The lowest BCUT2D eigenvalue weighted by atomic mass is 9.35. The number of nitrogens with zero attached hydrogens (tertiary/aromatic N) is 2. The second-order valence-electron chi connectivity index (χ2n) is 26.6. The largest absolute Gasteiger partial charge is 0.468 e. The summed E-state index contributed by atoms with van der Waals surface area (Å²) in [5, 5.41) is 1.17. The smallest absolute Gasteiger partial charge is 0.297 e. The molecule has 1 aromatic heterocycles. The van der Waals surface area contributed by atoms with Gasteiger partial charge in [-0.05, 0) is 195 Å². The normalized spacial score (nSPS) is 18.4. The van der Waals surface area contributed by atoms with Crippen LogP contribution < -0.4 is 26.4 Å². The third kappa shape index (κ3) is 7.03. The van der Waals surface area contributed by atoms with Gasteiger partial charge >= 0.3 is 0 Å². The van der Waals surface area contributed by atoms with Gasteiger partial charge in [-0.2, -0.15) is 0 Å². The molecule has 0 saturated heterocycles. The Morgan fingerprint density at radius 2 is 1.00 bits per heavy atom. The number of hydrogen-bond acceptors (Lipinski definition) is 3. The minimum Gasteiger partial charge on any atom is -0.468 e. The van der Waals surface area contributed by atoms with Gasteiger partial charge in [-0.3, -0.25) is 0 Å². The van der Waals surface area contributed by atoms with E-state index in [0.29, 0.717) is 0 Å². The molecule has 4 aliphatic rings. The van der Waals surface area contributed by atoms with Gasteiger partial charge in [0.2, 0.25) is 0 Å². The van der Waals surface area contributed by atoms with Crippen LogP contribution in [-0.4, -0.2) is 6.71 Å². The van der Waals surface area contributed by atoms with Crippen molar-refractivity contribution in [3.63, 3.8) is 0 Å². The predicted octanol–water partition coefficient (Wildman–Crippen LogP) is 16.4. The molecule has 6 aromatic carbocycles. The molecule has 354 valence electrons. The van der Waals surface area contributed by atoms with Gasteiger partial charge in [0.25, 0.3) is 6.71 Å². The van der Waals surface area contributed by atoms with Gasteiger partial charge in [-0.1, -0.05) is 145 Å². The van der Waals surface area contributed by atoms with Crippen molar-refractivity contribution in [2.24, 2.45) is 0 Å². The van der Waals surface area contributed by atoms with E-state index in [1.807, 2.05) is 0 Å². The van der Waals surface area contributed by atoms with Crippen molar-refractivity contribution in [1.82, 2.24) is 0 Å². The highest BCUT2D eigenvalue weighted by Gasteiger charge is 2.50. The standard InChI is InChI=1S/C65H75BN2O/c1-38-18-24-44(40(3)30-38)45-34-47-49(64(14,15)28-26-62(47,10)11)36-52(45)68-53-37-50-48(63(12,13)27-29-65(50,16)17)35-51(53)66-57-54(31-39(2)32-55(57)68)67(43-22-19-41(20-23-43)60(4,5)6)58-46-33-42(61(7,8)9)21-25-56(46)69-59(58)66/h18-25,30-37H,26-29H2,1-17H3. The maximum absolute atomic E-state index is 7.49. The molecule has 0 N–H and O–H groups in total. The summed E-state index contributed by atoms with van der Waals surface area (Å²) >= 11 is 0. The average molecular weight is 911 g/mol. The van der Waals surface area contributed by atoms with Crippen molar-refractivity contribution in [1.29, 1.82) is 0 Å². The Bertz CT molecular complexity index is 3290. The van der Waals surface area contributed by atoms with Gasteiger partial charge < -0.3 is 14.2 Å². The van der Waals surface area contributed by atoms with Crippen LogP contribution >= 0.6 is 0 Å². The summed E-state index contributed by atoms with van der Waals surface area (Å²) in [6.07, 6.45) is 4.62. The second-order valence-corrected chi connectivity index (χ2v) is 26.6. The van der Waals surface area contributed by atoms with Crippen LogP contribution in [0.3, 0.4) is 0 Å². The van der Waals surface area contributed by atoms with Gasteiger partial charge in [0.1, 0.15) is 5.58 Å². The molecule has 2 aliphatic heterocycles. The first-order chi connectivity index (χ1) is 32.2. The molecular formula is C65H75BN2O. The molecule has 4 heteroatoms. The molecule has 7 aromatic rings. The maximum Gasteiger partial charge on any atom is 0.297 e. The lowest BCUT2D eigenvalue weighted by molar-refractivity contribution is 0.332. The lowest BCUT2D eigenvalue weighted by Crippen LogP contribution is -2.61. The summed E-state index contributed by atoms with van der Waals surface area (Å²) in [6, 6.07) is 39.0. The predicted molar refractivity (Wildman–Crippen MR) is 298 cm³/mol. The van der Waals surface area contributed by atoms with Gasteiger partial charge in [0.05, 0.1) is 17.0 Å². The molecule has 3 heterocycles. The first-order valence-electron chi connectivity index (χ1n) is 26.0. The van der Waals surface area contributed by atoms with Crippen LogP contribution in [0.1, 0.15) is 173 Å². The minimum atomic E-state index is -0.129. The van der Waals surface area contributed by atoms with Crippen LogP contribution in [0.25, 0.3) is 22.1 Å². The lowest BCUT2D eigenvalue weighted by Gasteiger charge is -2.47. The van der Waals surface area contributed by atoms with E-state index in [-0.39, 0.29) is 39.2 Å². The molecule has 0 atom stereocenters. The molecule has 0 saturated carbocycles. The molecule has 0 fully saturated rings. The third-order valence-electron chi connectivity index (χ3n) is 17.5. The van der Waals surface area contributed by atoms with Crippen LogP contribution in [-0.2, 0) is 32.5 Å². The molecule has 0 spiro atoms. The molecule has 0 radical (unpaired) electrons. The molecule has 3 nitrogen and oxygen atoms in total. The molecule has 0 unspecified atom stereocenters. The Kier molecular flexibility index (Phi) is 9.84. The highest BCUT2D eigenvalue weighted by molar-refractivity contribution is 7.00. The van der Waals surface area contributed by atoms with Gasteiger partial charge in [0.15, 0.2) is 0 Å². The first kappa shape index (κ1) is 45.9. The number of aryl methyl sites for hydroxylation is 3. The fourth-order valence-electron chi connectivity index (χ4n) is 12.9. The first-order valence-corrected chi connectivity index (χ1v) is 26.0. The number of benzene rings is 6. The highest BCUT2D eigenvalue weighted by Crippen LogP contribution is 2.55. The van der Waals surface area contributed by atoms with E-state index in [4.69, 9.17) is 4.42 Å². The monoisotopic (exact) mass is 911 g/mol. The van der Waals surface area contributed by atoms with Crippen molar-refractivity contribution in [3.8, 4) is 11.1 Å². The molecule has 0 amide bonds. The summed E-state index contributed by atoms with van der Waals surface area (Å²) in [4.78, 5) is 5.30. The van der Waals surface area contributed by atoms with E-state index in [0.717, 1.165) is 36.2 Å². The Hall–Kier alpha value is -5.48. The van der Waals surface area contributed by atoms with Crippen LogP contribution in [0.4, 0.5) is 34.1 Å². The number of rotatable bonds is 3. The van der Waals surface area contributed by atoms with Crippen molar-refractivity contribution >= 4 is 68.4 Å². The molecule has 11 rings (SSSR count). The highest BCUT2D eigenvalue weighted by atomic mass is 16.3.